The van der Waals surface area contributed by atoms with Crippen molar-refractivity contribution in [3.05, 3.63) is 105 Å². The molecule has 3 aromatic carbocycles. The van der Waals surface area contributed by atoms with Gasteiger partial charge < -0.3 is 19.7 Å². The molecule has 1 aromatic heterocycles. The number of nitrogens with one attached hydrogen (secondary N) is 1. The molecule has 2 N–H and O–H groups in total. The third-order valence-corrected chi connectivity index (χ3v) is 7.34. The lowest BCUT2D eigenvalue weighted by Crippen LogP contribution is -2.20. The molecule has 3 atom stereocenters. The van der Waals surface area contributed by atoms with Gasteiger partial charge in [0.15, 0.2) is 5.43 Å². The van der Waals surface area contributed by atoms with Crippen molar-refractivity contribution in [1.82, 2.24) is 0 Å². The number of anilines is 2. The number of carboxylic acids is 1. The Morgan fingerprint density at radius 3 is 2.37 bits per heavy atom. The van der Waals surface area contributed by atoms with E-state index in [1.165, 1.54) is 11.1 Å². The number of carboxylic acid groups (broad SMARTS) is 1. The minimum Gasteiger partial charge on any atom is -0.478 e. The summed E-state index contributed by atoms with van der Waals surface area (Å²) in [6.07, 6.45) is 2.07. The molecule has 0 aliphatic carbocycles. The van der Waals surface area contributed by atoms with Gasteiger partial charge in [-0.1, -0.05) is 42.5 Å². The van der Waals surface area contributed by atoms with E-state index in [-0.39, 0.29) is 29.1 Å². The maximum atomic E-state index is 13.3. The Morgan fingerprint density at radius 2 is 1.69 bits per heavy atom. The predicted octanol–water partition coefficient (Wildman–Crippen LogP) is 6.37. The number of carbonyl (C=O) groups is 1. The molecule has 2 aliphatic rings. The van der Waals surface area contributed by atoms with Crippen LogP contribution in [-0.2, 0) is 0 Å². The molecule has 35 heavy (non-hydrogen) atoms. The van der Waals surface area contributed by atoms with Gasteiger partial charge in [0.1, 0.15) is 5.58 Å². The van der Waals surface area contributed by atoms with Crippen molar-refractivity contribution in [2.75, 3.05) is 10.2 Å². The quantitative estimate of drug-likeness (QED) is 0.356. The molecule has 3 heterocycles. The summed E-state index contributed by atoms with van der Waals surface area (Å²) in [5.41, 5.74) is 5.59. The minimum atomic E-state index is -0.993. The van der Waals surface area contributed by atoms with Gasteiger partial charge in [0.05, 0.1) is 29.1 Å². The first-order valence-electron chi connectivity index (χ1n) is 12.0. The Bertz CT molecular complexity index is 1510. The SMILES string of the molecule is Cc1cc(C(C)Nc2ccccc2C(=O)O)c2oc(N3C4CCC3c3ccccc34)cc(=O)c2c1. The molecule has 3 unspecified atom stereocenters. The number of hydrogen-bond donors (Lipinski definition) is 2. The van der Waals surface area contributed by atoms with Gasteiger partial charge in [-0.15, -0.1) is 0 Å². The first-order valence-corrected chi connectivity index (χ1v) is 12.0. The van der Waals surface area contributed by atoms with E-state index in [0.29, 0.717) is 22.5 Å². The monoisotopic (exact) mass is 466 g/mol. The van der Waals surface area contributed by atoms with Crippen LogP contribution in [0.3, 0.4) is 0 Å². The van der Waals surface area contributed by atoms with Crippen molar-refractivity contribution in [3.8, 4) is 0 Å². The molecular weight excluding hydrogens is 440 g/mol. The number of nitrogens with zero attached hydrogens (tertiary/aromatic N) is 1. The lowest BCUT2D eigenvalue weighted by molar-refractivity contribution is 0.0698. The molecule has 176 valence electrons. The molecular formula is C29H26N2O4. The maximum absolute atomic E-state index is 13.3. The standard InChI is InChI=1S/C29H26N2O4/c1-16-13-21(17(2)30-23-10-6-5-9-20(23)29(33)34)28-22(14-16)26(32)15-27(35-28)31-24-11-12-25(31)19-8-4-3-7-18(19)24/h3-10,13-15,17,24-25,30H,11-12H2,1-2H3,(H,33,34). The van der Waals surface area contributed by atoms with Gasteiger partial charge in [0.2, 0.25) is 5.88 Å². The van der Waals surface area contributed by atoms with Crippen LogP contribution in [0.15, 0.2) is 75.9 Å². The number of fused-ring (bicyclic) bond motifs is 6. The highest BCUT2D eigenvalue weighted by Crippen LogP contribution is 2.54. The molecule has 2 aliphatic heterocycles. The van der Waals surface area contributed by atoms with E-state index in [1.807, 2.05) is 26.0 Å². The summed E-state index contributed by atoms with van der Waals surface area (Å²) in [4.78, 5) is 27.3. The van der Waals surface area contributed by atoms with Crippen molar-refractivity contribution >= 4 is 28.5 Å². The topological polar surface area (TPSA) is 82.8 Å². The van der Waals surface area contributed by atoms with Crippen LogP contribution in [0, 0.1) is 6.92 Å². The summed E-state index contributed by atoms with van der Waals surface area (Å²) in [7, 11) is 0. The average Bonchev–Trinajstić information content (AvgIpc) is 3.42. The molecule has 0 saturated carbocycles. The summed E-state index contributed by atoms with van der Waals surface area (Å²) in [5, 5.41) is 13.4. The molecule has 1 saturated heterocycles. The molecule has 1 fully saturated rings. The van der Waals surface area contributed by atoms with Gasteiger partial charge >= 0.3 is 5.97 Å². The van der Waals surface area contributed by atoms with Crippen LogP contribution in [0.25, 0.3) is 11.0 Å². The van der Waals surface area contributed by atoms with Gasteiger partial charge in [-0.3, -0.25) is 4.79 Å². The Balaban J connectivity index is 1.45. The summed E-state index contributed by atoms with van der Waals surface area (Å²) in [5.74, 6) is -0.401. The van der Waals surface area contributed by atoms with E-state index in [1.54, 1.807) is 30.3 Å². The second kappa shape index (κ2) is 8.01. The molecule has 6 nitrogen and oxygen atoms in total. The van der Waals surface area contributed by atoms with E-state index in [0.717, 1.165) is 24.0 Å². The molecule has 0 amide bonds. The minimum absolute atomic E-state index is 0.0697. The van der Waals surface area contributed by atoms with Crippen LogP contribution >= 0.6 is 0 Å². The summed E-state index contributed by atoms with van der Waals surface area (Å²) in [6.45, 7) is 3.90. The van der Waals surface area contributed by atoms with E-state index >= 15 is 0 Å². The van der Waals surface area contributed by atoms with Crippen LogP contribution in [0.2, 0.25) is 0 Å². The fourth-order valence-electron chi connectivity index (χ4n) is 5.82. The summed E-state index contributed by atoms with van der Waals surface area (Å²) in [6, 6.07) is 20.9. The van der Waals surface area contributed by atoms with E-state index in [2.05, 4.69) is 34.5 Å². The average molecular weight is 467 g/mol. The Morgan fingerprint density at radius 1 is 1.03 bits per heavy atom. The van der Waals surface area contributed by atoms with Gasteiger partial charge in [-0.25, -0.2) is 4.79 Å². The second-order valence-electron chi connectivity index (χ2n) is 9.54. The summed E-state index contributed by atoms with van der Waals surface area (Å²) < 4.78 is 6.53. The van der Waals surface area contributed by atoms with Gasteiger partial charge in [-0.05, 0) is 61.6 Å². The van der Waals surface area contributed by atoms with Crippen LogP contribution in [0.1, 0.15) is 70.5 Å². The largest absolute Gasteiger partial charge is 0.478 e. The summed E-state index contributed by atoms with van der Waals surface area (Å²) >= 11 is 0. The maximum Gasteiger partial charge on any atom is 0.337 e. The third kappa shape index (κ3) is 3.40. The normalized spacial score (nSPS) is 19.1. The van der Waals surface area contributed by atoms with Crippen molar-refractivity contribution in [2.45, 2.75) is 44.8 Å². The van der Waals surface area contributed by atoms with E-state index in [9.17, 15) is 14.7 Å². The van der Waals surface area contributed by atoms with Gasteiger partial charge in [-0.2, -0.15) is 0 Å². The highest BCUT2D eigenvalue weighted by molar-refractivity contribution is 5.94. The third-order valence-electron chi connectivity index (χ3n) is 7.34. The number of hydrogen-bond acceptors (Lipinski definition) is 5. The molecule has 6 rings (SSSR count). The fourth-order valence-corrected chi connectivity index (χ4v) is 5.82. The zero-order valence-electron chi connectivity index (χ0n) is 19.6. The molecule has 0 spiro atoms. The fraction of sp³-hybridized carbons (Fsp3) is 0.241. The van der Waals surface area contributed by atoms with Crippen LogP contribution in [0.4, 0.5) is 11.6 Å². The van der Waals surface area contributed by atoms with Crippen molar-refractivity contribution < 1.29 is 14.3 Å². The van der Waals surface area contributed by atoms with E-state index in [4.69, 9.17) is 4.42 Å². The lowest BCUT2D eigenvalue weighted by Gasteiger charge is -2.24. The number of benzene rings is 3. The molecule has 0 radical (unpaired) electrons. The lowest BCUT2D eigenvalue weighted by atomic mass is 9.92. The van der Waals surface area contributed by atoms with Gasteiger partial charge in [0, 0.05) is 17.3 Å². The predicted molar refractivity (Wildman–Crippen MR) is 136 cm³/mol. The zero-order valence-corrected chi connectivity index (χ0v) is 19.6. The Labute approximate surface area is 202 Å². The Hall–Kier alpha value is -4.06. The van der Waals surface area contributed by atoms with Crippen LogP contribution in [0.5, 0.6) is 0 Å². The number of para-hydroxylation sites is 1. The number of aryl methyl sites for hydroxylation is 1. The number of rotatable bonds is 5. The van der Waals surface area contributed by atoms with Crippen LogP contribution in [-0.4, -0.2) is 11.1 Å². The van der Waals surface area contributed by atoms with Crippen molar-refractivity contribution in [3.63, 3.8) is 0 Å². The molecule has 2 bridgehead atoms. The van der Waals surface area contributed by atoms with Crippen molar-refractivity contribution in [1.29, 1.82) is 0 Å². The first kappa shape index (κ1) is 21.5. The molecule has 4 aromatic rings. The second-order valence-corrected chi connectivity index (χ2v) is 9.54. The van der Waals surface area contributed by atoms with E-state index < -0.39 is 5.97 Å². The highest BCUT2D eigenvalue weighted by Gasteiger charge is 2.45. The smallest absolute Gasteiger partial charge is 0.337 e. The molecule has 6 heteroatoms. The highest BCUT2D eigenvalue weighted by atomic mass is 16.4. The first-order chi connectivity index (χ1) is 16.9. The van der Waals surface area contributed by atoms with Crippen LogP contribution < -0.4 is 15.6 Å². The Kier molecular flexibility index (Phi) is 4.92. The zero-order chi connectivity index (χ0) is 24.3. The van der Waals surface area contributed by atoms with Gasteiger partial charge in [0.25, 0.3) is 0 Å². The number of aromatic carboxylic acids is 1. The van der Waals surface area contributed by atoms with Crippen molar-refractivity contribution in [2.24, 2.45) is 0 Å².